The third kappa shape index (κ3) is 5.66. The summed E-state index contributed by atoms with van der Waals surface area (Å²) >= 11 is 0. The van der Waals surface area contributed by atoms with Crippen LogP contribution in [0.1, 0.15) is 13.3 Å². The molecule has 0 aliphatic carbocycles. The van der Waals surface area contributed by atoms with Crippen LogP contribution in [0, 0.1) is 5.82 Å². The number of nitrogens with zero attached hydrogens (tertiary/aromatic N) is 2. The Morgan fingerprint density at radius 2 is 1.40 bits per heavy atom. The minimum absolute atomic E-state index is 0.0693. The number of ether oxygens (including phenoxy) is 3. The standard InChI is InChI=1S/C28H23FN4O7/c1-2-37-16-15-28(25(34)31-27(36)32-26(28)35)39-22-13-11-21(12-14-22)38-20-9-5-18(6-10-20)24-30-23(33-40-24)17-3-7-19(29)8-4-17/h3-14H,2,15-16H2,1H3,(H2,31,32,34,35,36). The number of urea groups is 1. The van der Waals surface area contributed by atoms with Gasteiger partial charge in [-0.05, 0) is 79.7 Å². The highest BCUT2D eigenvalue weighted by Gasteiger charge is 2.52. The van der Waals surface area contributed by atoms with Gasteiger partial charge in [0.05, 0.1) is 6.61 Å². The summed E-state index contributed by atoms with van der Waals surface area (Å²) in [5.74, 6) is -0.253. The van der Waals surface area contributed by atoms with Crippen molar-refractivity contribution in [1.29, 1.82) is 0 Å². The SMILES string of the molecule is CCOCCC1(Oc2ccc(Oc3ccc(-c4nc(-c5ccc(F)cc5)no4)cc3)cc2)C(=O)NC(=O)NC1=O. The number of halogens is 1. The molecule has 1 fully saturated rings. The predicted molar refractivity (Wildman–Crippen MR) is 138 cm³/mol. The molecule has 4 amide bonds. The molecule has 2 heterocycles. The zero-order valence-electron chi connectivity index (χ0n) is 21.2. The molecule has 1 aromatic heterocycles. The van der Waals surface area contributed by atoms with Crippen LogP contribution < -0.4 is 20.1 Å². The number of imide groups is 2. The predicted octanol–water partition coefficient (Wildman–Crippen LogP) is 4.25. The molecule has 40 heavy (non-hydrogen) atoms. The molecule has 1 aliphatic rings. The van der Waals surface area contributed by atoms with E-state index in [0.29, 0.717) is 40.9 Å². The molecule has 0 atom stereocenters. The van der Waals surface area contributed by atoms with Crippen molar-refractivity contribution in [2.45, 2.75) is 18.9 Å². The molecular formula is C28H23FN4O7. The third-order valence-corrected chi connectivity index (χ3v) is 5.97. The second-order valence-corrected chi connectivity index (χ2v) is 8.64. The largest absolute Gasteiger partial charge is 0.467 e. The summed E-state index contributed by atoms with van der Waals surface area (Å²) in [6.07, 6.45) is -0.0954. The Bertz CT molecular complexity index is 1500. The normalized spacial score (nSPS) is 14.4. The van der Waals surface area contributed by atoms with Crippen molar-refractivity contribution in [2.24, 2.45) is 0 Å². The first-order valence-corrected chi connectivity index (χ1v) is 12.3. The average molecular weight is 547 g/mol. The number of barbiturate groups is 1. The molecule has 0 radical (unpaired) electrons. The monoisotopic (exact) mass is 546 g/mol. The van der Waals surface area contributed by atoms with Crippen LogP contribution in [0.15, 0.2) is 77.3 Å². The molecule has 5 rings (SSSR count). The topological polar surface area (TPSA) is 142 Å². The van der Waals surface area contributed by atoms with Gasteiger partial charge in [-0.3, -0.25) is 20.2 Å². The second-order valence-electron chi connectivity index (χ2n) is 8.64. The van der Waals surface area contributed by atoms with E-state index in [4.69, 9.17) is 18.7 Å². The first kappa shape index (κ1) is 26.5. The van der Waals surface area contributed by atoms with E-state index in [2.05, 4.69) is 20.8 Å². The number of carbonyl (C=O) groups is 3. The van der Waals surface area contributed by atoms with Gasteiger partial charge in [-0.15, -0.1) is 0 Å². The summed E-state index contributed by atoms with van der Waals surface area (Å²) in [6.45, 7) is 2.23. The summed E-state index contributed by atoms with van der Waals surface area (Å²) < 4.78 is 35.5. The maximum Gasteiger partial charge on any atom is 0.328 e. The van der Waals surface area contributed by atoms with Gasteiger partial charge in [0.2, 0.25) is 5.82 Å². The average Bonchev–Trinajstić information content (AvgIpc) is 3.44. The molecule has 0 bridgehead atoms. The van der Waals surface area contributed by atoms with E-state index >= 15 is 0 Å². The van der Waals surface area contributed by atoms with Crippen LogP contribution >= 0.6 is 0 Å². The Kier molecular flexibility index (Phi) is 7.51. The van der Waals surface area contributed by atoms with Crippen LogP contribution in [0.3, 0.4) is 0 Å². The molecule has 11 nitrogen and oxygen atoms in total. The Labute approximate surface area is 227 Å². The molecule has 3 aromatic carbocycles. The number of benzene rings is 3. The maximum atomic E-state index is 13.2. The Morgan fingerprint density at radius 1 is 0.825 bits per heavy atom. The highest BCUT2D eigenvalue weighted by Crippen LogP contribution is 2.30. The molecular weight excluding hydrogens is 523 g/mol. The van der Waals surface area contributed by atoms with Crippen molar-refractivity contribution in [3.05, 3.63) is 78.6 Å². The zero-order chi connectivity index (χ0) is 28.1. The molecule has 204 valence electrons. The lowest BCUT2D eigenvalue weighted by atomic mass is 9.95. The Balaban J connectivity index is 1.25. The summed E-state index contributed by atoms with van der Waals surface area (Å²) in [4.78, 5) is 41.2. The van der Waals surface area contributed by atoms with Gasteiger partial charge in [-0.2, -0.15) is 4.98 Å². The molecule has 0 saturated carbocycles. The van der Waals surface area contributed by atoms with Gasteiger partial charge in [-0.25, -0.2) is 9.18 Å². The van der Waals surface area contributed by atoms with E-state index in [1.54, 1.807) is 67.6 Å². The van der Waals surface area contributed by atoms with Crippen LogP contribution in [-0.2, 0) is 14.3 Å². The van der Waals surface area contributed by atoms with Gasteiger partial charge in [0, 0.05) is 24.2 Å². The van der Waals surface area contributed by atoms with Gasteiger partial charge >= 0.3 is 6.03 Å². The number of amides is 4. The minimum atomic E-state index is -1.97. The molecule has 1 aliphatic heterocycles. The summed E-state index contributed by atoms with van der Waals surface area (Å²) in [5.41, 5.74) is -0.675. The summed E-state index contributed by atoms with van der Waals surface area (Å²) in [7, 11) is 0. The fourth-order valence-corrected chi connectivity index (χ4v) is 3.91. The first-order chi connectivity index (χ1) is 19.4. The number of hydrogen-bond donors (Lipinski definition) is 2. The van der Waals surface area contributed by atoms with Crippen molar-refractivity contribution < 1.29 is 37.5 Å². The molecule has 0 unspecified atom stereocenters. The van der Waals surface area contributed by atoms with Crippen LogP contribution in [0.5, 0.6) is 17.2 Å². The smallest absolute Gasteiger partial charge is 0.328 e. The van der Waals surface area contributed by atoms with Crippen LogP contribution in [-0.4, -0.2) is 46.8 Å². The number of nitrogens with one attached hydrogen (secondary N) is 2. The molecule has 12 heteroatoms. The van der Waals surface area contributed by atoms with Crippen LogP contribution in [0.25, 0.3) is 22.8 Å². The number of aromatic nitrogens is 2. The van der Waals surface area contributed by atoms with Gasteiger partial charge in [-0.1, -0.05) is 5.16 Å². The van der Waals surface area contributed by atoms with Gasteiger partial charge in [0.1, 0.15) is 23.1 Å². The lowest BCUT2D eigenvalue weighted by Gasteiger charge is -2.34. The fourth-order valence-electron chi connectivity index (χ4n) is 3.91. The fraction of sp³-hybridized carbons (Fsp3) is 0.179. The highest BCUT2D eigenvalue weighted by molar-refractivity contribution is 6.21. The summed E-state index contributed by atoms with van der Waals surface area (Å²) in [6, 6.07) is 18.1. The quantitative estimate of drug-likeness (QED) is 0.221. The third-order valence-electron chi connectivity index (χ3n) is 5.97. The van der Waals surface area contributed by atoms with Crippen molar-refractivity contribution >= 4 is 17.8 Å². The zero-order valence-corrected chi connectivity index (χ0v) is 21.2. The van der Waals surface area contributed by atoms with E-state index in [1.807, 2.05) is 0 Å². The Hall–Kier alpha value is -5.10. The molecule has 0 spiro atoms. The first-order valence-electron chi connectivity index (χ1n) is 12.3. The second kappa shape index (κ2) is 11.3. The lowest BCUT2D eigenvalue weighted by Crippen LogP contribution is -2.69. The van der Waals surface area contributed by atoms with Crippen molar-refractivity contribution in [3.63, 3.8) is 0 Å². The van der Waals surface area contributed by atoms with Gasteiger partial charge in [0.15, 0.2) is 0 Å². The minimum Gasteiger partial charge on any atom is -0.467 e. The maximum absolute atomic E-state index is 13.2. The van der Waals surface area contributed by atoms with E-state index in [9.17, 15) is 18.8 Å². The van der Waals surface area contributed by atoms with E-state index in [0.717, 1.165) is 0 Å². The Morgan fingerprint density at radius 3 is 2.02 bits per heavy atom. The van der Waals surface area contributed by atoms with Crippen LogP contribution in [0.2, 0.25) is 0 Å². The lowest BCUT2D eigenvalue weighted by molar-refractivity contribution is -0.153. The van der Waals surface area contributed by atoms with Crippen LogP contribution in [0.4, 0.5) is 9.18 Å². The molecule has 1 saturated heterocycles. The van der Waals surface area contributed by atoms with E-state index < -0.39 is 23.4 Å². The number of rotatable bonds is 10. The number of carbonyl (C=O) groups excluding carboxylic acids is 3. The highest BCUT2D eigenvalue weighted by atomic mass is 19.1. The van der Waals surface area contributed by atoms with Gasteiger partial charge < -0.3 is 18.7 Å². The number of hydrogen-bond acceptors (Lipinski definition) is 9. The molecule has 2 N–H and O–H groups in total. The molecule has 4 aromatic rings. The van der Waals surface area contributed by atoms with Crippen molar-refractivity contribution in [1.82, 2.24) is 20.8 Å². The van der Waals surface area contributed by atoms with Gasteiger partial charge in [0.25, 0.3) is 23.3 Å². The van der Waals surface area contributed by atoms with Crippen molar-refractivity contribution in [3.8, 4) is 40.1 Å². The van der Waals surface area contributed by atoms with E-state index in [1.165, 1.54) is 12.1 Å². The summed E-state index contributed by atoms with van der Waals surface area (Å²) in [5, 5.41) is 8.10. The van der Waals surface area contributed by atoms with Crippen molar-refractivity contribution in [2.75, 3.05) is 13.2 Å². The van der Waals surface area contributed by atoms with E-state index in [-0.39, 0.29) is 24.6 Å².